The van der Waals surface area contributed by atoms with E-state index >= 15 is 0 Å². The van der Waals surface area contributed by atoms with E-state index in [4.69, 9.17) is 0 Å². The molecule has 5 heteroatoms. The Balaban J connectivity index is 4.27. The molecule has 0 rings (SSSR count). The van der Waals surface area contributed by atoms with E-state index in [1.807, 2.05) is 11.8 Å². The van der Waals surface area contributed by atoms with Crippen molar-refractivity contribution < 1.29 is 14.3 Å². The van der Waals surface area contributed by atoms with Crippen molar-refractivity contribution >= 4 is 23.6 Å². The molecule has 0 saturated heterocycles. The van der Waals surface area contributed by atoms with Gasteiger partial charge in [-0.2, -0.15) is 0 Å². The van der Waals surface area contributed by atoms with Gasteiger partial charge in [0, 0.05) is 18.3 Å². The fraction of sp³-hybridized carbons (Fsp3) is 0.867. The summed E-state index contributed by atoms with van der Waals surface area (Å²) < 4.78 is 4.63. The minimum atomic E-state index is -0.223. The van der Waals surface area contributed by atoms with Crippen LogP contribution in [0.15, 0.2) is 0 Å². The first kappa shape index (κ1) is 19.3. The number of carbonyl (C=O) groups excluding carboxylic acids is 2. The summed E-state index contributed by atoms with van der Waals surface area (Å²) in [7, 11) is 1.39. The Morgan fingerprint density at radius 2 is 1.55 bits per heavy atom. The zero-order valence-corrected chi connectivity index (χ0v) is 14.5. The van der Waals surface area contributed by atoms with Crippen molar-refractivity contribution in [1.29, 1.82) is 0 Å². The minimum Gasteiger partial charge on any atom is -0.469 e. The van der Waals surface area contributed by atoms with Crippen molar-refractivity contribution in [2.45, 2.75) is 46.3 Å². The lowest BCUT2D eigenvalue weighted by Crippen LogP contribution is -2.38. The number of carbonyl (C=O) groups is 2. The number of hydrogen-bond acceptors (Lipinski definition) is 4. The van der Waals surface area contributed by atoms with Gasteiger partial charge in [0.05, 0.1) is 19.3 Å². The van der Waals surface area contributed by atoms with E-state index in [0.717, 1.165) is 13.1 Å². The summed E-state index contributed by atoms with van der Waals surface area (Å²) in [6.07, 6.45) is 0.350. The maximum atomic E-state index is 12.3. The number of ether oxygens (including phenoxy) is 1. The molecule has 1 unspecified atom stereocenters. The van der Waals surface area contributed by atoms with Crippen LogP contribution in [-0.2, 0) is 14.3 Å². The van der Waals surface area contributed by atoms with Gasteiger partial charge in [-0.05, 0) is 11.8 Å². The van der Waals surface area contributed by atoms with Crippen LogP contribution in [0.5, 0.6) is 0 Å². The lowest BCUT2D eigenvalue weighted by atomic mass is 10.1. The van der Waals surface area contributed by atoms with Crippen LogP contribution in [-0.4, -0.2) is 48.0 Å². The number of nitrogens with zero attached hydrogens (tertiary/aromatic N) is 1. The summed E-state index contributed by atoms with van der Waals surface area (Å²) in [6, 6.07) is 0. The monoisotopic (exact) mass is 303 g/mol. The minimum absolute atomic E-state index is 0.103. The fourth-order valence-corrected chi connectivity index (χ4v) is 2.71. The Kier molecular flexibility index (Phi) is 9.72. The van der Waals surface area contributed by atoms with Crippen molar-refractivity contribution in [1.82, 2.24) is 4.90 Å². The van der Waals surface area contributed by atoms with Crippen LogP contribution in [0.2, 0.25) is 0 Å². The highest BCUT2D eigenvalue weighted by Crippen LogP contribution is 2.16. The molecule has 0 fully saturated rings. The van der Waals surface area contributed by atoms with E-state index in [1.54, 1.807) is 0 Å². The highest BCUT2D eigenvalue weighted by Gasteiger charge is 2.18. The van der Waals surface area contributed by atoms with Crippen LogP contribution in [0.1, 0.15) is 41.0 Å². The molecule has 0 aliphatic carbocycles. The number of rotatable bonds is 9. The molecule has 1 amide bonds. The van der Waals surface area contributed by atoms with Gasteiger partial charge in [-0.3, -0.25) is 9.59 Å². The molecule has 1 atom stereocenters. The summed E-state index contributed by atoms with van der Waals surface area (Å²) >= 11 is 1.52. The van der Waals surface area contributed by atoms with E-state index in [-0.39, 0.29) is 17.1 Å². The third-order valence-electron chi connectivity index (χ3n) is 2.70. The maximum absolute atomic E-state index is 12.3. The van der Waals surface area contributed by atoms with Crippen LogP contribution < -0.4 is 0 Å². The molecule has 0 bridgehead atoms. The number of thioether (sulfide) groups is 1. The van der Waals surface area contributed by atoms with Gasteiger partial charge in [0.1, 0.15) is 0 Å². The molecule has 0 saturated carbocycles. The molecule has 0 aliphatic heterocycles. The Morgan fingerprint density at radius 3 is 1.95 bits per heavy atom. The standard InChI is InChI=1S/C15H29NO3S/c1-11(2)8-16(9-12(3)4)14(17)10-20-13(5)7-15(18)19-6/h11-13H,7-10H2,1-6H3. The largest absolute Gasteiger partial charge is 0.469 e. The van der Waals surface area contributed by atoms with Gasteiger partial charge in [0.25, 0.3) is 0 Å². The molecule has 0 radical (unpaired) electrons. The first-order valence-corrected chi connectivity index (χ1v) is 8.27. The van der Waals surface area contributed by atoms with Crippen LogP contribution >= 0.6 is 11.8 Å². The molecule has 0 aromatic heterocycles. The van der Waals surface area contributed by atoms with Crippen LogP contribution in [0.4, 0.5) is 0 Å². The lowest BCUT2D eigenvalue weighted by molar-refractivity contribution is -0.140. The number of esters is 1. The number of hydrogen-bond donors (Lipinski definition) is 0. The topological polar surface area (TPSA) is 46.6 Å². The Hall–Kier alpha value is -0.710. The molecule has 4 nitrogen and oxygen atoms in total. The van der Waals surface area contributed by atoms with Gasteiger partial charge in [0.2, 0.25) is 5.91 Å². The van der Waals surface area contributed by atoms with Gasteiger partial charge in [-0.1, -0.05) is 34.6 Å². The molecule has 0 N–H and O–H groups in total. The van der Waals surface area contributed by atoms with Gasteiger partial charge < -0.3 is 9.64 Å². The molecule has 0 spiro atoms. The van der Waals surface area contributed by atoms with Gasteiger partial charge >= 0.3 is 5.97 Å². The quantitative estimate of drug-likeness (QED) is 0.615. The van der Waals surface area contributed by atoms with Crippen molar-refractivity contribution in [3.63, 3.8) is 0 Å². The Bertz CT molecular complexity index is 295. The second-order valence-electron chi connectivity index (χ2n) is 5.99. The predicted octanol–water partition coefficient (Wildman–Crippen LogP) is 2.81. The Labute approximate surface area is 127 Å². The molecular weight excluding hydrogens is 274 g/mol. The third-order valence-corrected chi connectivity index (χ3v) is 3.85. The summed E-state index contributed by atoms with van der Waals surface area (Å²) in [6.45, 7) is 12.0. The summed E-state index contributed by atoms with van der Waals surface area (Å²) in [5.74, 6) is 1.30. The van der Waals surface area contributed by atoms with Gasteiger partial charge in [0.15, 0.2) is 0 Å². The molecule has 0 aromatic rings. The average molecular weight is 303 g/mol. The fourth-order valence-electron chi connectivity index (χ4n) is 1.84. The van der Waals surface area contributed by atoms with Crippen molar-refractivity contribution in [3.8, 4) is 0 Å². The van der Waals surface area contributed by atoms with E-state index in [1.165, 1.54) is 18.9 Å². The van der Waals surface area contributed by atoms with E-state index in [9.17, 15) is 9.59 Å². The van der Waals surface area contributed by atoms with E-state index in [2.05, 4.69) is 32.4 Å². The number of amides is 1. The molecular formula is C15H29NO3S. The summed E-state index contributed by atoms with van der Waals surface area (Å²) in [5.41, 5.74) is 0. The zero-order chi connectivity index (χ0) is 15.7. The van der Waals surface area contributed by atoms with Crippen LogP contribution in [0.3, 0.4) is 0 Å². The highest BCUT2D eigenvalue weighted by atomic mass is 32.2. The maximum Gasteiger partial charge on any atom is 0.306 e. The molecule has 0 heterocycles. The second-order valence-corrected chi connectivity index (χ2v) is 7.42. The molecule has 20 heavy (non-hydrogen) atoms. The second kappa shape index (κ2) is 10.1. The van der Waals surface area contributed by atoms with Crippen molar-refractivity contribution in [2.75, 3.05) is 26.0 Å². The van der Waals surface area contributed by atoms with Crippen LogP contribution in [0.25, 0.3) is 0 Å². The summed E-state index contributed by atoms with van der Waals surface area (Å²) in [5, 5.41) is 0.103. The Morgan fingerprint density at radius 1 is 1.05 bits per heavy atom. The SMILES string of the molecule is COC(=O)CC(C)SCC(=O)N(CC(C)C)CC(C)C. The molecule has 0 aromatic carbocycles. The van der Waals surface area contributed by atoms with Gasteiger partial charge in [-0.25, -0.2) is 0 Å². The predicted molar refractivity (Wildman–Crippen MR) is 84.8 cm³/mol. The normalized spacial score (nSPS) is 12.6. The van der Waals surface area contributed by atoms with Crippen LogP contribution in [0, 0.1) is 11.8 Å². The zero-order valence-electron chi connectivity index (χ0n) is 13.6. The van der Waals surface area contributed by atoms with Gasteiger partial charge in [-0.15, -0.1) is 11.8 Å². The average Bonchev–Trinajstić information content (AvgIpc) is 2.33. The highest BCUT2D eigenvalue weighted by molar-refractivity contribution is 8.00. The summed E-state index contributed by atoms with van der Waals surface area (Å²) in [4.78, 5) is 25.4. The van der Waals surface area contributed by atoms with E-state index < -0.39 is 0 Å². The van der Waals surface area contributed by atoms with E-state index in [0.29, 0.717) is 24.0 Å². The third kappa shape index (κ3) is 9.23. The first-order valence-electron chi connectivity index (χ1n) is 7.22. The number of methoxy groups -OCH3 is 1. The van der Waals surface area contributed by atoms with Crippen molar-refractivity contribution in [2.24, 2.45) is 11.8 Å². The smallest absolute Gasteiger partial charge is 0.306 e. The molecule has 118 valence electrons. The first-order chi connectivity index (χ1) is 9.26. The lowest BCUT2D eigenvalue weighted by Gasteiger charge is -2.26. The molecule has 0 aliphatic rings. The van der Waals surface area contributed by atoms with Crippen molar-refractivity contribution in [3.05, 3.63) is 0 Å².